The zero-order chi connectivity index (χ0) is 13.1. The molecule has 0 fully saturated rings. The van der Waals surface area contributed by atoms with Crippen LogP contribution in [0, 0.1) is 5.92 Å². The average Bonchev–Trinajstić information content (AvgIpc) is 2.33. The lowest BCUT2D eigenvalue weighted by Gasteiger charge is -2.22. The molecule has 0 spiro atoms. The van der Waals surface area contributed by atoms with E-state index in [4.69, 9.17) is 15.9 Å². The van der Waals surface area contributed by atoms with Gasteiger partial charge in [0.25, 0.3) is 0 Å². The van der Waals surface area contributed by atoms with Crippen LogP contribution in [-0.4, -0.2) is 53.9 Å². The summed E-state index contributed by atoms with van der Waals surface area (Å²) in [6.45, 7) is 3.23. The molecule has 0 aromatic heterocycles. The summed E-state index contributed by atoms with van der Waals surface area (Å²) in [5.74, 6) is 0.498. The van der Waals surface area contributed by atoms with Crippen LogP contribution >= 0.6 is 0 Å². The van der Waals surface area contributed by atoms with Crippen molar-refractivity contribution >= 4 is 5.91 Å². The molecular weight excluding hydrogens is 220 g/mol. The number of nitrogens with two attached hydrogens (primary N) is 1. The van der Waals surface area contributed by atoms with E-state index in [0.29, 0.717) is 32.0 Å². The molecule has 0 aliphatic carbocycles. The number of aliphatic hydroxyl groups excluding tert-OH is 2. The van der Waals surface area contributed by atoms with E-state index < -0.39 is 0 Å². The number of hydrogen-bond acceptors (Lipinski definition) is 4. The quantitative estimate of drug-likeness (QED) is 0.504. The molecule has 0 aromatic rings. The van der Waals surface area contributed by atoms with Crippen LogP contribution in [0.2, 0.25) is 0 Å². The Bertz CT molecular complexity index is 194. The van der Waals surface area contributed by atoms with Gasteiger partial charge in [-0.1, -0.05) is 13.3 Å². The van der Waals surface area contributed by atoms with Crippen LogP contribution in [0.1, 0.15) is 32.6 Å². The number of nitrogens with zero attached hydrogens (tertiary/aromatic N) is 1. The van der Waals surface area contributed by atoms with E-state index in [2.05, 4.69) is 6.92 Å². The van der Waals surface area contributed by atoms with Crippen LogP contribution in [0.5, 0.6) is 0 Å². The van der Waals surface area contributed by atoms with E-state index in [1.54, 1.807) is 0 Å². The molecule has 4 N–H and O–H groups in total. The highest BCUT2D eigenvalue weighted by molar-refractivity contribution is 5.76. The standard InChI is InChI=1S/C12H26N2O3/c1-2-11(5-6-13)3-4-12(17)14(7-9-15)8-10-16/h11,15-16H,2-10,13H2,1H3. The third-order valence-corrected chi connectivity index (χ3v) is 3.01. The number of hydrogen-bond donors (Lipinski definition) is 3. The summed E-state index contributed by atoms with van der Waals surface area (Å²) in [5, 5.41) is 17.7. The first-order valence-electron chi connectivity index (χ1n) is 6.39. The van der Waals surface area contributed by atoms with Gasteiger partial charge in [-0.15, -0.1) is 0 Å². The predicted molar refractivity (Wildman–Crippen MR) is 67.4 cm³/mol. The lowest BCUT2D eigenvalue weighted by Crippen LogP contribution is -2.36. The van der Waals surface area contributed by atoms with Gasteiger partial charge in [0.2, 0.25) is 5.91 Å². The number of carbonyl (C=O) groups is 1. The van der Waals surface area contributed by atoms with Crippen molar-refractivity contribution in [1.82, 2.24) is 4.90 Å². The second-order valence-corrected chi connectivity index (χ2v) is 4.22. The van der Waals surface area contributed by atoms with Crippen molar-refractivity contribution in [2.24, 2.45) is 11.7 Å². The third-order valence-electron chi connectivity index (χ3n) is 3.01. The molecule has 1 atom stereocenters. The summed E-state index contributed by atoms with van der Waals surface area (Å²) in [7, 11) is 0. The first kappa shape index (κ1) is 16.4. The first-order chi connectivity index (χ1) is 8.19. The SMILES string of the molecule is CCC(CCN)CCC(=O)N(CCO)CCO. The molecule has 5 nitrogen and oxygen atoms in total. The van der Waals surface area contributed by atoms with Gasteiger partial charge in [-0.25, -0.2) is 0 Å². The van der Waals surface area contributed by atoms with Crippen molar-refractivity contribution in [1.29, 1.82) is 0 Å². The maximum atomic E-state index is 11.8. The number of rotatable bonds is 10. The Balaban J connectivity index is 4.02. The molecule has 17 heavy (non-hydrogen) atoms. The molecule has 5 heteroatoms. The van der Waals surface area contributed by atoms with Crippen LogP contribution in [-0.2, 0) is 4.79 Å². The highest BCUT2D eigenvalue weighted by Gasteiger charge is 2.14. The average molecular weight is 246 g/mol. The zero-order valence-corrected chi connectivity index (χ0v) is 10.8. The summed E-state index contributed by atoms with van der Waals surface area (Å²) >= 11 is 0. The Labute approximate surface area is 104 Å². The molecule has 1 amide bonds. The van der Waals surface area contributed by atoms with Crippen molar-refractivity contribution in [3.8, 4) is 0 Å². The summed E-state index contributed by atoms with van der Waals surface area (Å²) in [4.78, 5) is 13.3. The highest BCUT2D eigenvalue weighted by atomic mass is 16.3. The minimum Gasteiger partial charge on any atom is -0.395 e. The van der Waals surface area contributed by atoms with E-state index >= 15 is 0 Å². The fraction of sp³-hybridized carbons (Fsp3) is 0.917. The fourth-order valence-corrected chi connectivity index (χ4v) is 1.88. The molecule has 0 bridgehead atoms. The van der Waals surface area contributed by atoms with E-state index in [1.165, 1.54) is 4.90 Å². The molecule has 0 heterocycles. The van der Waals surface area contributed by atoms with Crippen molar-refractivity contribution < 1.29 is 15.0 Å². The molecule has 0 aromatic carbocycles. The largest absolute Gasteiger partial charge is 0.395 e. The van der Waals surface area contributed by atoms with Gasteiger partial charge in [-0.2, -0.15) is 0 Å². The Hall–Kier alpha value is -0.650. The topological polar surface area (TPSA) is 86.8 Å². The summed E-state index contributed by atoms with van der Waals surface area (Å²) in [6, 6.07) is 0. The lowest BCUT2D eigenvalue weighted by atomic mass is 9.96. The Kier molecular flexibility index (Phi) is 10.1. The van der Waals surface area contributed by atoms with Gasteiger partial charge < -0.3 is 20.8 Å². The molecule has 0 saturated heterocycles. The van der Waals surface area contributed by atoms with Gasteiger partial charge in [-0.3, -0.25) is 4.79 Å². The molecule has 0 saturated carbocycles. The smallest absolute Gasteiger partial charge is 0.222 e. The Morgan fingerprint density at radius 3 is 2.24 bits per heavy atom. The normalized spacial score (nSPS) is 12.5. The van der Waals surface area contributed by atoms with Gasteiger partial charge in [0.15, 0.2) is 0 Å². The van der Waals surface area contributed by atoms with Gasteiger partial charge >= 0.3 is 0 Å². The lowest BCUT2D eigenvalue weighted by molar-refractivity contribution is -0.132. The van der Waals surface area contributed by atoms with E-state index in [-0.39, 0.29) is 19.1 Å². The van der Waals surface area contributed by atoms with Crippen LogP contribution in [0.4, 0.5) is 0 Å². The molecule has 1 unspecified atom stereocenters. The third kappa shape index (κ3) is 7.31. The number of carbonyl (C=O) groups excluding carboxylic acids is 1. The van der Waals surface area contributed by atoms with E-state index in [1.807, 2.05) is 0 Å². The minimum absolute atomic E-state index is 0.00331. The van der Waals surface area contributed by atoms with Crippen molar-refractivity contribution in [2.75, 3.05) is 32.8 Å². The van der Waals surface area contributed by atoms with Crippen molar-refractivity contribution in [3.05, 3.63) is 0 Å². The van der Waals surface area contributed by atoms with Crippen LogP contribution in [0.3, 0.4) is 0 Å². The second-order valence-electron chi connectivity index (χ2n) is 4.22. The molecular formula is C12H26N2O3. The fourth-order valence-electron chi connectivity index (χ4n) is 1.88. The molecule has 102 valence electrons. The van der Waals surface area contributed by atoms with E-state index in [0.717, 1.165) is 19.3 Å². The van der Waals surface area contributed by atoms with Gasteiger partial charge in [0.05, 0.1) is 13.2 Å². The minimum atomic E-state index is -0.0637. The predicted octanol–water partition coefficient (Wildman–Crippen LogP) is -0.0452. The summed E-state index contributed by atoms with van der Waals surface area (Å²) < 4.78 is 0. The van der Waals surface area contributed by atoms with Crippen molar-refractivity contribution in [2.45, 2.75) is 32.6 Å². The maximum Gasteiger partial charge on any atom is 0.222 e. The zero-order valence-electron chi connectivity index (χ0n) is 10.8. The highest BCUT2D eigenvalue weighted by Crippen LogP contribution is 2.15. The van der Waals surface area contributed by atoms with Crippen LogP contribution in [0.15, 0.2) is 0 Å². The first-order valence-corrected chi connectivity index (χ1v) is 6.39. The maximum absolute atomic E-state index is 11.8. The van der Waals surface area contributed by atoms with Gasteiger partial charge in [-0.05, 0) is 25.3 Å². The van der Waals surface area contributed by atoms with Gasteiger partial charge in [0.1, 0.15) is 0 Å². The number of amides is 1. The monoisotopic (exact) mass is 246 g/mol. The van der Waals surface area contributed by atoms with E-state index in [9.17, 15) is 4.79 Å². The second kappa shape index (κ2) is 10.5. The number of aliphatic hydroxyl groups is 2. The summed E-state index contributed by atoms with van der Waals surface area (Å²) in [5.41, 5.74) is 5.51. The van der Waals surface area contributed by atoms with Crippen LogP contribution in [0.25, 0.3) is 0 Å². The molecule has 0 rings (SSSR count). The van der Waals surface area contributed by atoms with Gasteiger partial charge in [0, 0.05) is 19.5 Å². The summed E-state index contributed by atoms with van der Waals surface area (Å²) in [6.07, 6.45) is 3.28. The molecule has 0 radical (unpaired) electrons. The molecule has 0 aliphatic rings. The Morgan fingerprint density at radius 1 is 1.24 bits per heavy atom. The van der Waals surface area contributed by atoms with Crippen molar-refractivity contribution in [3.63, 3.8) is 0 Å². The van der Waals surface area contributed by atoms with Crippen LogP contribution < -0.4 is 5.73 Å². The molecule has 0 aliphatic heterocycles. The Morgan fingerprint density at radius 2 is 1.82 bits per heavy atom.